The van der Waals surface area contributed by atoms with Crippen molar-refractivity contribution in [1.82, 2.24) is 14.8 Å². The van der Waals surface area contributed by atoms with Gasteiger partial charge in [0.15, 0.2) is 5.82 Å². The van der Waals surface area contributed by atoms with E-state index >= 15 is 0 Å². The zero-order valence-electron chi connectivity index (χ0n) is 8.71. The minimum absolute atomic E-state index is 0.00384. The molecule has 1 atom stereocenters. The van der Waals surface area contributed by atoms with Crippen molar-refractivity contribution in [3.05, 3.63) is 35.8 Å². The summed E-state index contributed by atoms with van der Waals surface area (Å²) >= 11 is 0. The van der Waals surface area contributed by atoms with Gasteiger partial charge in [-0.15, -0.1) is 10.2 Å². The lowest BCUT2D eigenvalue weighted by molar-refractivity contribution is 0.261. The Morgan fingerprint density at radius 3 is 2.93 bits per heavy atom. The molecule has 0 aliphatic rings. The highest BCUT2D eigenvalue weighted by Crippen LogP contribution is 2.20. The van der Waals surface area contributed by atoms with Crippen LogP contribution in [0.25, 0.3) is 0 Å². The predicted molar refractivity (Wildman–Crippen MR) is 53.2 cm³/mol. The molecule has 5 nitrogen and oxygen atoms in total. The molecule has 1 N–H and O–H groups in total. The van der Waals surface area contributed by atoms with Gasteiger partial charge in [-0.25, -0.2) is 0 Å². The van der Waals surface area contributed by atoms with Gasteiger partial charge in [-0.2, -0.15) is 0 Å². The van der Waals surface area contributed by atoms with E-state index in [2.05, 4.69) is 10.2 Å². The van der Waals surface area contributed by atoms with Gasteiger partial charge in [0.25, 0.3) is 0 Å². The fourth-order valence-electron chi connectivity index (χ4n) is 1.52. The van der Waals surface area contributed by atoms with Crippen LogP contribution in [0.4, 0.5) is 0 Å². The molecule has 80 valence electrons. The maximum atomic E-state index is 9.05. The topological polar surface area (TPSA) is 64.1 Å². The smallest absolute Gasteiger partial charge is 0.159 e. The number of hydrogen-bond donors (Lipinski definition) is 1. The van der Waals surface area contributed by atoms with Crippen molar-refractivity contribution in [3.63, 3.8) is 0 Å². The number of aliphatic hydroxyl groups excluding tert-OH is 1. The first-order valence-electron chi connectivity index (χ1n) is 4.78. The van der Waals surface area contributed by atoms with Crippen molar-refractivity contribution in [3.8, 4) is 0 Å². The number of aromatic nitrogens is 3. The summed E-state index contributed by atoms with van der Waals surface area (Å²) in [6.45, 7) is 3.75. The van der Waals surface area contributed by atoms with E-state index in [1.807, 2.05) is 26.0 Å². The van der Waals surface area contributed by atoms with E-state index in [4.69, 9.17) is 9.52 Å². The minimum atomic E-state index is -0.121. The van der Waals surface area contributed by atoms with Crippen molar-refractivity contribution < 1.29 is 9.52 Å². The van der Waals surface area contributed by atoms with Gasteiger partial charge in [-0.05, 0) is 26.0 Å². The summed E-state index contributed by atoms with van der Waals surface area (Å²) < 4.78 is 7.30. The number of furan rings is 1. The van der Waals surface area contributed by atoms with Crippen molar-refractivity contribution >= 4 is 0 Å². The first-order valence-corrected chi connectivity index (χ1v) is 4.78. The molecule has 0 radical (unpaired) electrons. The second-order valence-electron chi connectivity index (χ2n) is 3.44. The van der Waals surface area contributed by atoms with E-state index in [0.29, 0.717) is 5.82 Å². The molecule has 0 bridgehead atoms. The van der Waals surface area contributed by atoms with Gasteiger partial charge in [0.1, 0.15) is 24.5 Å². The van der Waals surface area contributed by atoms with Crippen molar-refractivity contribution in [1.29, 1.82) is 0 Å². The van der Waals surface area contributed by atoms with Crippen LogP contribution in [-0.2, 0) is 6.61 Å². The average Bonchev–Trinajstić information content (AvgIpc) is 2.84. The molecule has 0 aromatic carbocycles. The Morgan fingerprint density at radius 2 is 2.33 bits per heavy atom. The van der Waals surface area contributed by atoms with E-state index < -0.39 is 0 Å². The van der Waals surface area contributed by atoms with Gasteiger partial charge in [-0.3, -0.25) is 0 Å². The van der Waals surface area contributed by atoms with Crippen molar-refractivity contribution in [2.24, 2.45) is 0 Å². The fraction of sp³-hybridized carbons (Fsp3) is 0.400. The van der Waals surface area contributed by atoms with Gasteiger partial charge < -0.3 is 14.1 Å². The van der Waals surface area contributed by atoms with E-state index in [9.17, 15) is 0 Å². The third kappa shape index (κ3) is 1.78. The Hall–Kier alpha value is -1.62. The average molecular weight is 207 g/mol. The van der Waals surface area contributed by atoms with E-state index in [1.54, 1.807) is 10.9 Å². The zero-order chi connectivity index (χ0) is 10.8. The molecular formula is C10H13N3O2. The highest BCUT2D eigenvalue weighted by Gasteiger charge is 2.15. The predicted octanol–water partition coefficient (Wildman–Crippen LogP) is 1.28. The van der Waals surface area contributed by atoms with Crippen LogP contribution in [0.5, 0.6) is 0 Å². The molecule has 0 spiro atoms. The molecule has 0 aliphatic heterocycles. The lowest BCUT2D eigenvalue weighted by Crippen LogP contribution is -2.09. The van der Waals surface area contributed by atoms with E-state index in [-0.39, 0.29) is 12.6 Å². The summed E-state index contributed by atoms with van der Waals surface area (Å²) in [5, 5.41) is 16.6. The number of aliphatic hydroxyl groups is 1. The van der Waals surface area contributed by atoms with Crippen LogP contribution in [0, 0.1) is 6.92 Å². The van der Waals surface area contributed by atoms with E-state index in [1.165, 1.54) is 0 Å². The highest BCUT2D eigenvalue weighted by molar-refractivity contribution is 5.10. The highest BCUT2D eigenvalue weighted by atomic mass is 16.3. The van der Waals surface area contributed by atoms with E-state index in [0.717, 1.165) is 11.5 Å². The van der Waals surface area contributed by atoms with Crippen molar-refractivity contribution in [2.45, 2.75) is 26.5 Å². The molecular weight excluding hydrogens is 194 g/mol. The normalized spacial score (nSPS) is 13.0. The summed E-state index contributed by atoms with van der Waals surface area (Å²) in [7, 11) is 0. The van der Waals surface area contributed by atoms with Crippen molar-refractivity contribution in [2.75, 3.05) is 0 Å². The third-order valence-corrected chi connectivity index (χ3v) is 2.38. The third-order valence-electron chi connectivity index (χ3n) is 2.38. The summed E-state index contributed by atoms with van der Waals surface area (Å²) in [4.78, 5) is 0. The van der Waals surface area contributed by atoms with Crippen LogP contribution in [0.15, 0.2) is 22.9 Å². The van der Waals surface area contributed by atoms with Gasteiger partial charge in [0.2, 0.25) is 0 Å². The maximum absolute atomic E-state index is 9.05. The maximum Gasteiger partial charge on any atom is 0.159 e. The van der Waals surface area contributed by atoms with Crippen LogP contribution >= 0.6 is 0 Å². The van der Waals surface area contributed by atoms with Crippen LogP contribution in [0.2, 0.25) is 0 Å². The Bertz CT molecular complexity index is 447. The Kier molecular flexibility index (Phi) is 2.55. The number of nitrogens with zero attached hydrogens (tertiary/aromatic N) is 3. The molecule has 2 aromatic heterocycles. The quantitative estimate of drug-likeness (QED) is 0.823. The molecule has 0 amide bonds. The van der Waals surface area contributed by atoms with Gasteiger partial charge in [0, 0.05) is 0 Å². The van der Waals surface area contributed by atoms with Crippen LogP contribution in [0.3, 0.4) is 0 Å². The Labute approximate surface area is 87.4 Å². The Balaban J connectivity index is 2.31. The monoisotopic (exact) mass is 207 g/mol. The molecule has 2 aromatic rings. The number of hydrogen-bond acceptors (Lipinski definition) is 4. The molecule has 5 heteroatoms. The summed E-state index contributed by atoms with van der Waals surface area (Å²) in [5.41, 5.74) is 0. The standard InChI is InChI=1S/C10H13N3O2/c1-7-3-4-9(15-7)8(2)13-6-11-12-10(13)5-14/h3-4,6,8,14H,5H2,1-2H3. The second-order valence-corrected chi connectivity index (χ2v) is 3.44. The summed E-state index contributed by atoms with van der Waals surface area (Å²) in [5.74, 6) is 2.24. The molecule has 0 saturated carbocycles. The summed E-state index contributed by atoms with van der Waals surface area (Å²) in [6, 6.07) is 3.83. The molecule has 1 unspecified atom stereocenters. The molecule has 15 heavy (non-hydrogen) atoms. The van der Waals surface area contributed by atoms with Gasteiger partial charge >= 0.3 is 0 Å². The number of rotatable bonds is 3. The minimum Gasteiger partial charge on any atom is -0.464 e. The lowest BCUT2D eigenvalue weighted by atomic mass is 10.2. The SMILES string of the molecule is Cc1ccc(C(C)n2cnnc2CO)o1. The lowest BCUT2D eigenvalue weighted by Gasteiger charge is -2.11. The van der Waals surface area contributed by atoms with Gasteiger partial charge in [0.05, 0.1) is 6.04 Å². The molecule has 2 rings (SSSR count). The largest absolute Gasteiger partial charge is 0.464 e. The Morgan fingerprint density at radius 1 is 1.53 bits per heavy atom. The molecule has 0 aliphatic carbocycles. The molecule has 2 heterocycles. The number of aryl methyl sites for hydroxylation is 1. The second kappa shape index (κ2) is 3.86. The fourth-order valence-corrected chi connectivity index (χ4v) is 1.52. The van der Waals surface area contributed by atoms with Crippen LogP contribution < -0.4 is 0 Å². The van der Waals surface area contributed by atoms with Gasteiger partial charge in [-0.1, -0.05) is 0 Å². The zero-order valence-corrected chi connectivity index (χ0v) is 8.71. The van der Waals surface area contributed by atoms with Crippen LogP contribution in [-0.4, -0.2) is 19.9 Å². The first-order chi connectivity index (χ1) is 7.22. The molecule has 0 saturated heterocycles. The first kappa shape index (κ1) is 9.92. The summed E-state index contributed by atoms with van der Waals surface area (Å²) in [6.07, 6.45) is 1.59. The molecule has 0 fully saturated rings. The van der Waals surface area contributed by atoms with Crippen LogP contribution in [0.1, 0.15) is 30.3 Å².